The van der Waals surface area contributed by atoms with Gasteiger partial charge < -0.3 is 14.2 Å². The van der Waals surface area contributed by atoms with Crippen LogP contribution in [0.2, 0.25) is 0 Å². The minimum atomic E-state index is -1.26. The molecule has 1 aliphatic rings. The zero-order valence-electron chi connectivity index (χ0n) is 24.6. The summed E-state index contributed by atoms with van der Waals surface area (Å²) in [6, 6.07) is 15.2. The average molecular weight is 543 g/mol. The van der Waals surface area contributed by atoms with Crippen LogP contribution >= 0.6 is 0 Å². The predicted molar refractivity (Wildman–Crippen MR) is 154 cm³/mol. The van der Waals surface area contributed by atoms with Crippen molar-refractivity contribution >= 4 is 17.9 Å². The molecule has 0 aliphatic carbocycles. The maximum atomic E-state index is 13.5. The number of aryl methyl sites for hydroxylation is 2. The fraction of sp³-hybridized carbons (Fsp3) is 0.382. The molecule has 0 aromatic heterocycles. The highest BCUT2D eigenvalue weighted by Crippen LogP contribution is 2.52. The highest BCUT2D eigenvalue weighted by Gasteiger charge is 2.51. The van der Waals surface area contributed by atoms with Gasteiger partial charge in [0.05, 0.1) is 5.56 Å². The average Bonchev–Trinajstić information content (AvgIpc) is 3.23. The van der Waals surface area contributed by atoms with Gasteiger partial charge in [-0.1, -0.05) is 59.7 Å². The molecule has 0 bridgehead atoms. The second-order valence-corrected chi connectivity index (χ2v) is 11.0. The smallest absolute Gasteiger partial charge is 0.340 e. The SMILES string of the molecule is CCC(=O)Oc1cc(C(C)C)c(C2(c3cc(C)c(OC(=O)CC)cc3C(C)C)OC(=O)c3ccccc32)cc1C. The van der Waals surface area contributed by atoms with Crippen LogP contribution in [0.25, 0.3) is 0 Å². The number of fused-ring (bicyclic) bond motifs is 1. The normalized spacial score (nSPS) is 13.8. The molecule has 40 heavy (non-hydrogen) atoms. The third kappa shape index (κ3) is 5.03. The van der Waals surface area contributed by atoms with Gasteiger partial charge in [0.2, 0.25) is 0 Å². The molecule has 0 spiro atoms. The first-order valence-electron chi connectivity index (χ1n) is 14.0. The summed E-state index contributed by atoms with van der Waals surface area (Å²) in [6.07, 6.45) is 0.526. The van der Waals surface area contributed by atoms with Gasteiger partial charge in [0.25, 0.3) is 0 Å². The molecule has 0 fully saturated rings. The molecule has 3 aromatic carbocycles. The highest BCUT2D eigenvalue weighted by atomic mass is 16.6. The lowest BCUT2D eigenvalue weighted by molar-refractivity contribution is -0.135. The molecule has 0 unspecified atom stereocenters. The van der Waals surface area contributed by atoms with Crippen LogP contribution in [0.15, 0.2) is 48.5 Å². The van der Waals surface area contributed by atoms with Crippen molar-refractivity contribution in [1.29, 1.82) is 0 Å². The molecule has 6 nitrogen and oxygen atoms in total. The molecule has 4 rings (SSSR count). The molecule has 0 saturated carbocycles. The zero-order valence-corrected chi connectivity index (χ0v) is 24.6. The standard InChI is InChI=1S/C34H38O6/c1-9-31(35)38-29-17-24(19(3)4)27(15-21(29)7)34(26-14-12-11-13-23(26)33(37)40-34)28-16-22(8)30(39-32(36)10-2)18-25(28)20(5)6/h11-20H,9-10H2,1-8H3. The second kappa shape index (κ2) is 11.3. The number of benzene rings is 3. The van der Waals surface area contributed by atoms with E-state index in [-0.39, 0.29) is 36.6 Å². The number of carbonyl (C=O) groups excluding carboxylic acids is 3. The van der Waals surface area contributed by atoms with Crippen LogP contribution in [0.3, 0.4) is 0 Å². The van der Waals surface area contributed by atoms with Gasteiger partial charge in [-0.3, -0.25) is 9.59 Å². The van der Waals surface area contributed by atoms with E-state index >= 15 is 0 Å². The molecular weight excluding hydrogens is 504 g/mol. The summed E-state index contributed by atoms with van der Waals surface area (Å²) in [4.78, 5) is 37.9. The Morgan fingerprint density at radius 2 is 1.20 bits per heavy atom. The first-order valence-corrected chi connectivity index (χ1v) is 14.0. The maximum absolute atomic E-state index is 13.5. The van der Waals surface area contributed by atoms with Crippen molar-refractivity contribution in [2.75, 3.05) is 0 Å². The van der Waals surface area contributed by atoms with Crippen molar-refractivity contribution in [1.82, 2.24) is 0 Å². The Kier molecular flexibility index (Phi) is 8.20. The van der Waals surface area contributed by atoms with Crippen LogP contribution in [0.1, 0.15) is 116 Å². The number of carbonyl (C=O) groups is 3. The fourth-order valence-electron chi connectivity index (χ4n) is 5.34. The number of esters is 3. The van der Waals surface area contributed by atoms with E-state index in [9.17, 15) is 14.4 Å². The minimum Gasteiger partial charge on any atom is -0.441 e. The Morgan fingerprint density at radius 1 is 0.750 bits per heavy atom. The molecule has 1 aliphatic heterocycles. The van der Waals surface area contributed by atoms with Crippen molar-refractivity contribution in [2.24, 2.45) is 0 Å². The highest BCUT2D eigenvalue weighted by molar-refractivity contribution is 5.96. The molecular formula is C34H38O6. The van der Waals surface area contributed by atoms with Gasteiger partial charge in [0, 0.05) is 29.5 Å². The molecule has 1 heterocycles. The van der Waals surface area contributed by atoms with Gasteiger partial charge in [-0.2, -0.15) is 0 Å². The number of hydrogen-bond acceptors (Lipinski definition) is 6. The van der Waals surface area contributed by atoms with E-state index in [1.807, 2.05) is 56.3 Å². The van der Waals surface area contributed by atoms with E-state index in [0.29, 0.717) is 17.1 Å². The Hall–Kier alpha value is -3.93. The molecule has 3 aromatic rings. The number of rotatable bonds is 8. The van der Waals surface area contributed by atoms with Gasteiger partial charge in [-0.15, -0.1) is 0 Å². The molecule has 6 heteroatoms. The number of ether oxygens (including phenoxy) is 3. The summed E-state index contributed by atoms with van der Waals surface area (Å²) in [7, 11) is 0. The lowest BCUT2D eigenvalue weighted by atomic mass is 9.72. The van der Waals surface area contributed by atoms with E-state index in [0.717, 1.165) is 38.9 Å². The van der Waals surface area contributed by atoms with E-state index in [1.54, 1.807) is 19.9 Å². The Bertz CT molecular complexity index is 1400. The molecule has 0 saturated heterocycles. The van der Waals surface area contributed by atoms with Crippen LogP contribution in [0.4, 0.5) is 0 Å². The summed E-state index contributed by atoms with van der Waals surface area (Å²) in [6.45, 7) is 15.6. The van der Waals surface area contributed by atoms with Gasteiger partial charge in [-0.25, -0.2) is 4.79 Å². The van der Waals surface area contributed by atoms with Crippen LogP contribution in [0.5, 0.6) is 11.5 Å². The first-order chi connectivity index (χ1) is 18.9. The summed E-state index contributed by atoms with van der Waals surface area (Å²) >= 11 is 0. The van der Waals surface area contributed by atoms with Crippen molar-refractivity contribution < 1.29 is 28.6 Å². The molecule has 0 atom stereocenters. The second-order valence-electron chi connectivity index (χ2n) is 11.0. The maximum Gasteiger partial charge on any atom is 0.340 e. The third-order valence-corrected chi connectivity index (χ3v) is 7.49. The van der Waals surface area contributed by atoms with E-state index in [1.165, 1.54) is 0 Å². The Labute approximate surface area is 236 Å². The van der Waals surface area contributed by atoms with Gasteiger partial charge in [0.15, 0.2) is 5.60 Å². The van der Waals surface area contributed by atoms with Gasteiger partial charge in [-0.05, 0) is 78.3 Å². The van der Waals surface area contributed by atoms with Gasteiger partial charge in [0.1, 0.15) is 11.5 Å². The number of cyclic esters (lactones) is 1. The van der Waals surface area contributed by atoms with E-state index < -0.39 is 11.6 Å². The zero-order chi connectivity index (χ0) is 29.4. The van der Waals surface area contributed by atoms with Crippen LogP contribution in [0, 0.1) is 13.8 Å². The molecule has 0 radical (unpaired) electrons. The summed E-state index contributed by atoms with van der Waals surface area (Å²) in [5.41, 5.74) is 4.95. The molecule has 0 N–H and O–H groups in total. The van der Waals surface area contributed by atoms with Crippen molar-refractivity contribution in [3.05, 3.63) is 93.0 Å². The monoisotopic (exact) mass is 542 g/mol. The van der Waals surface area contributed by atoms with Gasteiger partial charge >= 0.3 is 17.9 Å². The topological polar surface area (TPSA) is 78.9 Å². The third-order valence-electron chi connectivity index (χ3n) is 7.49. The Balaban J connectivity index is 2.11. The Morgan fingerprint density at radius 3 is 1.62 bits per heavy atom. The predicted octanol–water partition coefficient (Wildman–Crippen LogP) is 7.64. The number of hydrogen-bond donors (Lipinski definition) is 0. The van der Waals surface area contributed by atoms with Crippen molar-refractivity contribution in [2.45, 2.75) is 85.7 Å². The summed E-state index contributed by atoms with van der Waals surface area (Å²) in [5, 5.41) is 0. The lowest BCUT2D eigenvalue weighted by Gasteiger charge is -2.36. The quantitative estimate of drug-likeness (QED) is 0.215. The van der Waals surface area contributed by atoms with Crippen LogP contribution < -0.4 is 9.47 Å². The van der Waals surface area contributed by atoms with Crippen LogP contribution in [-0.4, -0.2) is 17.9 Å². The van der Waals surface area contributed by atoms with E-state index in [4.69, 9.17) is 14.2 Å². The van der Waals surface area contributed by atoms with Crippen molar-refractivity contribution in [3.8, 4) is 11.5 Å². The molecule has 210 valence electrons. The summed E-state index contributed by atoms with van der Waals surface area (Å²) in [5.74, 6) is 0.0000646. The minimum absolute atomic E-state index is 0.0198. The van der Waals surface area contributed by atoms with Crippen molar-refractivity contribution in [3.63, 3.8) is 0 Å². The fourth-order valence-corrected chi connectivity index (χ4v) is 5.34. The largest absolute Gasteiger partial charge is 0.441 e. The van der Waals surface area contributed by atoms with E-state index in [2.05, 4.69) is 27.7 Å². The summed E-state index contributed by atoms with van der Waals surface area (Å²) < 4.78 is 17.9. The lowest BCUT2D eigenvalue weighted by Crippen LogP contribution is -2.33. The first kappa shape index (κ1) is 29.1. The van der Waals surface area contributed by atoms with Crippen LogP contribution in [-0.2, 0) is 19.9 Å². The molecule has 0 amide bonds.